The number of pyridine rings is 1. The first-order valence-corrected chi connectivity index (χ1v) is 13.1. The number of ether oxygens (including phenoxy) is 1. The Kier molecular flexibility index (Phi) is 8.13. The molecule has 1 atom stereocenters. The van der Waals surface area contributed by atoms with Crippen LogP contribution in [-0.2, 0) is 4.79 Å². The monoisotopic (exact) mass is 535 g/mol. The standard InChI is InChI=1S/C29H31F2N5O3/c1-19(35-12-14-36(15-13-35)22-8-9-22)28(37)34-26-16-20(6-11-27(26)39-18-30)29(38)33-21-7-10-25(32-17-21)23-4-2-3-5-24(23)31/h2-7,10-11,16-17,19,22H,8-9,12-15,18H2,1H3,(H,33,38)(H,34,37). The molecule has 0 bridgehead atoms. The van der Waals surface area contributed by atoms with Crippen molar-refractivity contribution in [3.05, 3.63) is 72.2 Å². The minimum absolute atomic E-state index is 0.129. The molecular weight excluding hydrogens is 504 g/mol. The largest absolute Gasteiger partial charge is 0.461 e. The number of anilines is 2. The number of aromatic nitrogens is 1. The van der Waals surface area contributed by atoms with Gasteiger partial charge in [-0.2, -0.15) is 0 Å². The van der Waals surface area contributed by atoms with Crippen molar-refractivity contribution in [1.29, 1.82) is 0 Å². The Balaban J connectivity index is 1.25. The van der Waals surface area contributed by atoms with Gasteiger partial charge in [-0.05, 0) is 62.2 Å². The lowest BCUT2D eigenvalue weighted by molar-refractivity contribution is -0.121. The number of hydrogen-bond acceptors (Lipinski definition) is 6. The maximum absolute atomic E-state index is 14.0. The topological polar surface area (TPSA) is 86.8 Å². The van der Waals surface area contributed by atoms with E-state index in [1.165, 1.54) is 43.3 Å². The number of rotatable bonds is 9. The Morgan fingerprint density at radius 1 is 1.05 bits per heavy atom. The zero-order valence-electron chi connectivity index (χ0n) is 21.7. The molecule has 8 nitrogen and oxygen atoms in total. The summed E-state index contributed by atoms with van der Waals surface area (Å²) in [4.78, 5) is 34.9. The molecule has 2 heterocycles. The van der Waals surface area contributed by atoms with Gasteiger partial charge in [0.05, 0.1) is 29.3 Å². The molecule has 1 aromatic heterocycles. The molecule has 39 heavy (non-hydrogen) atoms. The number of nitrogens with zero attached hydrogens (tertiary/aromatic N) is 3. The molecule has 204 valence electrons. The van der Waals surface area contributed by atoms with Crippen molar-refractivity contribution >= 4 is 23.2 Å². The molecule has 1 saturated heterocycles. The SMILES string of the molecule is CC(C(=O)Nc1cc(C(=O)Nc2ccc(-c3ccccc3F)nc2)ccc1OCF)N1CCN(C2CC2)CC1. The molecule has 2 fully saturated rings. The fraction of sp³-hybridized carbons (Fsp3) is 0.345. The van der Waals surface area contributed by atoms with E-state index in [-0.39, 0.29) is 28.7 Å². The number of carbonyl (C=O) groups is 2. The first kappa shape index (κ1) is 26.7. The van der Waals surface area contributed by atoms with Gasteiger partial charge in [-0.25, -0.2) is 8.78 Å². The van der Waals surface area contributed by atoms with Crippen molar-refractivity contribution in [3.8, 4) is 17.0 Å². The molecule has 0 spiro atoms. The van der Waals surface area contributed by atoms with Gasteiger partial charge < -0.3 is 15.4 Å². The quantitative estimate of drug-likeness (QED) is 0.418. The second-order valence-corrected chi connectivity index (χ2v) is 9.80. The summed E-state index contributed by atoms with van der Waals surface area (Å²) in [6, 6.07) is 14.2. The van der Waals surface area contributed by atoms with Crippen LogP contribution in [0.4, 0.5) is 20.2 Å². The van der Waals surface area contributed by atoms with Crippen LogP contribution in [-0.4, -0.2) is 71.7 Å². The lowest BCUT2D eigenvalue weighted by Crippen LogP contribution is -2.53. The highest BCUT2D eigenvalue weighted by atomic mass is 19.1. The van der Waals surface area contributed by atoms with E-state index in [0.29, 0.717) is 23.0 Å². The number of hydrogen-bond donors (Lipinski definition) is 2. The molecule has 2 aliphatic rings. The summed E-state index contributed by atoms with van der Waals surface area (Å²) in [7, 11) is 0. The summed E-state index contributed by atoms with van der Waals surface area (Å²) in [6.07, 6.45) is 3.95. The number of amides is 2. The smallest absolute Gasteiger partial charge is 0.255 e. The fourth-order valence-electron chi connectivity index (χ4n) is 4.79. The van der Waals surface area contributed by atoms with Crippen LogP contribution in [0.1, 0.15) is 30.1 Å². The van der Waals surface area contributed by atoms with E-state index in [4.69, 9.17) is 4.74 Å². The van der Waals surface area contributed by atoms with Gasteiger partial charge in [-0.1, -0.05) is 12.1 Å². The van der Waals surface area contributed by atoms with Crippen molar-refractivity contribution in [2.75, 3.05) is 43.7 Å². The number of nitrogens with one attached hydrogen (secondary N) is 2. The van der Waals surface area contributed by atoms with E-state index < -0.39 is 18.8 Å². The fourth-order valence-corrected chi connectivity index (χ4v) is 4.79. The summed E-state index contributed by atoms with van der Waals surface area (Å²) in [6.45, 7) is 4.23. The van der Waals surface area contributed by atoms with Crippen molar-refractivity contribution in [2.24, 2.45) is 0 Å². The Hall–Kier alpha value is -3.89. The maximum atomic E-state index is 14.0. The summed E-state index contributed by atoms with van der Waals surface area (Å²) in [5.41, 5.74) is 1.65. The van der Waals surface area contributed by atoms with Crippen LogP contribution >= 0.6 is 0 Å². The Labute approximate surface area is 226 Å². The first-order chi connectivity index (χ1) is 18.9. The molecular formula is C29H31F2N5O3. The average Bonchev–Trinajstić information content (AvgIpc) is 3.80. The highest BCUT2D eigenvalue weighted by Crippen LogP contribution is 2.29. The number of piperazine rings is 1. The molecule has 0 radical (unpaired) electrons. The van der Waals surface area contributed by atoms with Gasteiger partial charge >= 0.3 is 0 Å². The van der Waals surface area contributed by atoms with Crippen LogP contribution in [0.2, 0.25) is 0 Å². The van der Waals surface area contributed by atoms with Gasteiger partial charge in [0.1, 0.15) is 11.6 Å². The predicted molar refractivity (Wildman–Crippen MR) is 145 cm³/mol. The third-order valence-corrected chi connectivity index (χ3v) is 7.22. The minimum atomic E-state index is -1.08. The first-order valence-electron chi connectivity index (χ1n) is 13.1. The molecule has 5 rings (SSSR count). The second kappa shape index (κ2) is 11.9. The summed E-state index contributed by atoms with van der Waals surface area (Å²) in [5, 5.41) is 5.56. The highest BCUT2D eigenvalue weighted by Gasteiger charge is 2.33. The van der Waals surface area contributed by atoms with E-state index >= 15 is 0 Å². The molecule has 1 saturated carbocycles. The van der Waals surface area contributed by atoms with Gasteiger partial charge in [0.2, 0.25) is 12.8 Å². The third kappa shape index (κ3) is 6.40. The molecule has 2 N–H and O–H groups in total. The normalized spacial score (nSPS) is 16.9. The Bertz CT molecular complexity index is 1320. The van der Waals surface area contributed by atoms with Crippen molar-refractivity contribution < 1.29 is 23.1 Å². The Morgan fingerprint density at radius 3 is 2.49 bits per heavy atom. The second-order valence-electron chi connectivity index (χ2n) is 9.80. The third-order valence-electron chi connectivity index (χ3n) is 7.22. The lowest BCUT2D eigenvalue weighted by atomic mass is 10.1. The van der Waals surface area contributed by atoms with Gasteiger partial charge in [0.15, 0.2) is 0 Å². The van der Waals surface area contributed by atoms with Crippen LogP contribution in [0.25, 0.3) is 11.3 Å². The summed E-state index contributed by atoms with van der Waals surface area (Å²) < 4.78 is 32.1. The molecule has 2 aromatic carbocycles. The predicted octanol–water partition coefficient (Wildman–Crippen LogP) is 4.55. The number of alkyl halides is 1. The van der Waals surface area contributed by atoms with Gasteiger partial charge in [0, 0.05) is 43.3 Å². The van der Waals surface area contributed by atoms with E-state index in [1.807, 2.05) is 6.92 Å². The van der Waals surface area contributed by atoms with Crippen LogP contribution in [0.3, 0.4) is 0 Å². The van der Waals surface area contributed by atoms with Crippen LogP contribution in [0.5, 0.6) is 5.75 Å². The van der Waals surface area contributed by atoms with Crippen molar-refractivity contribution in [1.82, 2.24) is 14.8 Å². The zero-order chi connectivity index (χ0) is 27.4. The molecule has 10 heteroatoms. The van der Waals surface area contributed by atoms with Gasteiger partial charge in [-0.15, -0.1) is 0 Å². The maximum Gasteiger partial charge on any atom is 0.255 e. The summed E-state index contributed by atoms with van der Waals surface area (Å²) >= 11 is 0. The molecule has 1 aliphatic heterocycles. The van der Waals surface area contributed by atoms with Crippen LogP contribution < -0.4 is 15.4 Å². The molecule has 1 unspecified atom stereocenters. The summed E-state index contributed by atoms with van der Waals surface area (Å²) in [5.74, 6) is -0.975. The van der Waals surface area contributed by atoms with Gasteiger partial charge in [-0.3, -0.25) is 24.4 Å². The van der Waals surface area contributed by atoms with E-state index in [0.717, 1.165) is 26.2 Å². The Morgan fingerprint density at radius 2 is 1.82 bits per heavy atom. The van der Waals surface area contributed by atoms with E-state index in [1.54, 1.807) is 30.3 Å². The van der Waals surface area contributed by atoms with Crippen molar-refractivity contribution in [2.45, 2.75) is 31.8 Å². The average molecular weight is 536 g/mol. The van der Waals surface area contributed by atoms with Crippen LogP contribution in [0.15, 0.2) is 60.8 Å². The minimum Gasteiger partial charge on any atom is -0.461 e. The van der Waals surface area contributed by atoms with Gasteiger partial charge in [0.25, 0.3) is 5.91 Å². The highest BCUT2D eigenvalue weighted by molar-refractivity contribution is 6.06. The van der Waals surface area contributed by atoms with E-state index in [2.05, 4.69) is 25.4 Å². The van der Waals surface area contributed by atoms with Crippen LogP contribution in [0, 0.1) is 5.82 Å². The van der Waals surface area contributed by atoms with E-state index in [9.17, 15) is 18.4 Å². The number of halogens is 2. The number of benzene rings is 2. The number of carbonyl (C=O) groups excluding carboxylic acids is 2. The molecule has 2 amide bonds. The molecule has 1 aliphatic carbocycles. The van der Waals surface area contributed by atoms with Crippen molar-refractivity contribution in [3.63, 3.8) is 0 Å². The lowest BCUT2D eigenvalue weighted by Gasteiger charge is -2.37. The molecule has 3 aromatic rings. The zero-order valence-corrected chi connectivity index (χ0v) is 21.7.